The van der Waals surface area contributed by atoms with Crippen molar-refractivity contribution < 1.29 is 9.53 Å². The number of Topliss-reactive ketones (excluding diaryl/α,β-unsaturated/α-hetero) is 1. The van der Waals surface area contributed by atoms with Gasteiger partial charge in [0.1, 0.15) is 5.75 Å². The summed E-state index contributed by atoms with van der Waals surface area (Å²) in [4.78, 5) is 16.8. The maximum absolute atomic E-state index is 11.5. The van der Waals surface area contributed by atoms with Crippen LogP contribution in [-0.4, -0.2) is 17.4 Å². The van der Waals surface area contributed by atoms with Gasteiger partial charge in [-0.3, -0.25) is 4.79 Å². The van der Waals surface area contributed by atoms with E-state index in [2.05, 4.69) is 4.98 Å². The molecule has 3 nitrogen and oxygen atoms in total. The van der Waals surface area contributed by atoms with Crippen LogP contribution in [0, 0.1) is 6.92 Å². The van der Waals surface area contributed by atoms with Gasteiger partial charge < -0.3 is 4.74 Å². The predicted molar refractivity (Wildman–Crippen MR) is 81.9 cm³/mol. The van der Waals surface area contributed by atoms with Crippen molar-refractivity contribution in [2.24, 2.45) is 0 Å². The molecule has 20 heavy (non-hydrogen) atoms. The van der Waals surface area contributed by atoms with Crippen LogP contribution in [0.25, 0.3) is 0 Å². The Morgan fingerprint density at radius 3 is 2.80 bits per heavy atom. The van der Waals surface area contributed by atoms with Crippen LogP contribution in [0.4, 0.5) is 0 Å². The van der Waals surface area contributed by atoms with Crippen molar-refractivity contribution in [1.82, 2.24) is 4.98 Å². The Kier molecular flexibility index (Phi) is 4.90. The lowest BCUT2D eigenvalue weighted by atomic mass is 10.2. The average Bonchev–Trinajstić information content (AvgIpc) is 2.82. The van der Waals surface area contributed by atoms with E-state index in [-0.39, 0.29) is 5.78 Å². The summed E-state index contributed by atoms with van der Waals surface area (Å²) in [7, 11) is 0. The molecule has 0 aliphatic rings. The van der Waals surface area contributed by atoms with E-state index in [9.17, 15) is 4.79 Å². The molecule has 4 heteroatoms. The fraction of sp³-hybridized carbons (Fsp3) is 0.375. The first kappa shape index (κ1) is 14.7. The summed E-state index contributed by atoms with van der Waals surface area (Å²) in [5.41, 5.74) is 2.09. The lowest BCUT2D eigenvalue weighted by Crippen LogP contribution is -2.01. The van der Waals surface area contributed by atoms with E-state index >= 15 is 0 Å². The number of hydrogen-bond donors (Lipinski definition) is 0. The van der Waals surface area contributed by atoms with Gasteiger partial charge in [-0.15, -0.1) is 11.3 Å². The Hall–Kier alpha value is -1.68. The number of hydrogen-bond acceptors (Lipinski definition) is 4. The molecule has 0 unspecified atom stereocenters. The second-order valence-corrected chi connectivity index (χ2v) is 5.79. The molecule has 0 atom stereocenters. The Balaban J connectivity index is 1.96. The van der Waals surface area contributed by atoms with Gasteiger partial charge in [0, 0.05) is 13.3 Å². The molecular formula is C16H19NO2S. The molecule has 0 radical (unpaired) electrons. The quantitative estimate of drug-likeness (QED) is 0.758. The van der Waals surface area contributed by atoms with Gasteiger partial charge in [-0.2, -0.15) is 0 Å². The summed E-state index contributed by atoms with van der Waals surface area (Å²) in [5.74, 6) is 0.981. The molecule has 0 fully saturated rings. The van der Waals surface area contributed by atoms with Crippen LogP contribution in [0.5, 0.6) is 5.75 Å². The minimum absolute atomic E-state index is 0.102. The molecule has 2 aromatic rings. The van der Waals surface area contributed by atoms with Gasteiger partial charge >= 0.3 is 0 Å². The molecule has 106 valence electrons. The molecule has 1 aromatic heterocycles. The van der Waals surface area contributed by atoms with E-state index in [4.69, 9.17) is 4.74 Å². The van der Waals surface area contributed by atoms with Gasteiger partial charge in [-0.05, 0) is 31.0 Å². The van der Waals surface area contributed by atoms with E-state index in [1.54, 1.807) is 6.92 Å². The van der Waals surface area contributed by atoms with Crippen molar-refractivity contribution in [2.45, 2.75) is 33.6 Å². The second kappa shape index (κ2) is 6.66. The molecular weight excluding hydrogens is 270 g/mol. The van der Waals surface area contributed by atoms with Crippen molar-refractivity contribution in [3.8, 4) is 5.75 Å². The normalized spacial score (nSPS) is 10.6. The van der Waals surface area contributed by atoms with Crippen LogP contribution < -0.4 is 4.74 Å². The number of aryl methyl sites for hydroxylation is 2. The minimum atomic E-state index is 0.102. The van der Waals surface area contributed by atoms with Crippen LogP contribution in [0.3, 0.4) is 0 Å². The Morgan fingerprint density at radius 2 is 2.20 bits per heavy atom. The van der Waals surface area contributed by atoms with Crippen molar-refractivity contribution in [1.29, 1.82) is 0 Å². The smallest absolute Gasteiger partial charge is 0.171 e. The second-order valence-electron chi connectivity index (χ2n) is 4.71. The molecule has 0 aliphatic carbocycles. The van der Waals surface area contributed by atoms with E-state index in [0.717, 1.165) is 34.2 Å². The summed E-state index contributed by atoms with van der Waals surface area (Å²) in [6, 6.07) is 7.99. The Morgan fingerprint density at radius 1 is 1.40 bits per heavy atom. The van der Waals surface area contributed by atoms with E-state index < -0.39 is 0 Å². The minimum Gasteiger partial charge on any atom is -0.493 e. The number of rotatable bonds is 6. The Labute approximate surface area is 123 Å². The zero-order valence-corrected chi connectivity index (χ0v) is 12.9. The SMILES string of the molecule is CCc1nc(CCOc2cccc(C)c2)sc1C(C)=O. The maximum atomic E-state index is 11.5. The molecule has 0 aliphatic heterocycles. The maximum Gasteiger partial charge on any atom is 0.171 e. The van der Waals surface area contributed by atoms with Crippen molar-refractivity contribution in [2.75, 3.05) is 6.61 Å². The number of benzene rings is 1. The van der Waals surface area contributed by atoms with Crippen LogP contribution in [0.15, 0.2) is 24.3 Å². The first-order chi connectivity index (χ1) is 9.60. The molecule has 0 spiro atoms. The number of thiazole rings is 1. The average molecular weight is 289 g/mol. The van der Waals surface area contributed by atoms with Crippen molar-refractivity contribution in [3.05, 3.63) is 45.4 Å². The lowest BCUT2D eigenvalue weighted by molar-refractivity contribution is 0.102. The van der Waals surface area contributed by atoms with Gasteiger partial charge in [0.15, 0.2) is 5.78 Å². The molecule has 0 saturated carbocycles. The molecule has 0 N–H and O–H groups in total. The number of ether oxygens (including phenoxy) is 1. The van der Waals surface area contributed by atoms with Crippen molar-refractivity contribution >= 4 is 17.1 Å². The van der Waals surface area contributed by atoms with Gasteiger partial charge in [-0.25, -0.2) is 4.98 Å². The van der Waals surface area contributed by atoms with Crippen LogP contribution in [-0.2, 0) is 12.8 Å². The zero-order valence-electron chi connectivity index (χ0n) is 12.1. The molecule has 1 heterocycles. The summed E-state index contributed by atoms with van der Waals surface area (Å²) in [5, 5.41) is 0.972. The number of ketones is 1. The highest BCUT2D eigenvalue weighted by atomic mass is 32.1. The van der Waals surface area contributed by atoms with Crippen LogP contribution in [0.2, 0.25) is 0 Å². The fourth-order valence-electron chi connectivity index (χ4n) is 1.98. The van der Waals surface area contributed by atoms with E-state index in [1.165, 1.54) is 16.9 Å². The number of carbonyl (C=O) groups is 1. The molecule has 0 amide bonds. The molecule has 0 saturated heterocycles. The fourth-order valence-corrected chi connectivity index (χ4v) is 3.01. The lowest BCUT2D eigenvalue weighted by Gasteiger charge is -2.05. The van der Waals surface area contributed by atoms with Gasteiger partial charge in [0.05, 0.1) is 22.2 Å². The summed E-state index contributed by atoms with van der Waals surface area (Å²) in [6.07, 6.45) is 1.53. The van der Waals surface area contributed by atoms with E-state index in [1.807, 2.05) is 38.1 Å². The molecule has 2 rings (SSSR count). The monoisotopic (exact) mass is 289 g/mol. The third kappa shape index (κ3) is 3.67. The highest BCUT2D eigenvalue weighted by Gasteiger charge is 2.13. The van der Waals surface area contributed by atoms with Crippen LogP contribution >= 0.6 is 11.3 Å². The summed E-state index contributed by atoms with van der Waals surface area (Å²) >= 11 is 1.49. The van der Waals surface area contributed by atoms with Gasteiger partial charge in [-0.1, -0.05) is 19.1 Å². The summed E-state index contributed by atoms with van der Waals surface area (Å²) < 4.78 is 5.72. The highest BCUT2D eigenvalue weighted by Crippen LogP contribution is 2.21. The topological polar surface area (TPSA) is 39.2 Å². The van der Waals surface area contributed by atoms with Gasteiger partial charge in [0.25, 0.3) is 0 Å². The van der Waals surface area contributed by atoms with Crippen molar-refractivity contribution in [3.63, 3.8) is 0 Å². The predicted octanol–water partition coefficient (Wildman–Crippen LogP) is 3.84. The molecule has 0 bridgehead atoms. The third-order valence-corrected chi connectivity index (χ3v) is 4.23. The highest BCUT2D eigenvalue weighted by molar-refractivity contribution is 7.13. The third-order valence-electron chi connectivity index (χ3n) is 2.97. The first-order valence-electron chi connectivity index (χ1n) is 6.79. The van der Waals surface area contributed by atoms with Gasteiger partial charge in [0.2, 0.25) is 0 Å². The number of aromatic nitrogens is 1. The standard InChI is InChI=1S/C16H19NO2S/c1-4-14-16(12(3)18)20-15(17-14)8-9-19-13-7-5-6-11(2)10-13/h5-7,10H,4,8-9H2,1-3H3. The van der Waals surface area contributed by atoms with E-state index in [0.29, 0.717) is 6.61 Å². The molecule has 1 aromatic carbocycles. The van der Waals surface area contributed by atoms with Crippen LogP contribution in [0.1, 0.15) is 39.8 Å². The summed E-state index contributed by atoms with van der Waals surface area (Å²) in [6.45, 7) is 6.24. The zero-order chi connectivity index (χ0) is 14.5. The number of nitrogens with zero attached hydrogens (tertiary/aromatic N) is 1. The first-order valence-corrected chi connectivity index (χ1v) is 7.60. The number of carbonyl (C=O) groups excluding carboxylic acids is 1. The largest absolute Gasteiger partial charge is 0.493 e. The Bertz CT molecular complexity index is 604.